The number of hydrogen-bond donors (Lipinski definition) is 0. The molecule has 0 amide bonds. The van der Waals surface area contributed by atoms with Crippen LogP contribution >= 0.6 is 0 Å². The molecular weight excluding hydrogens is 304 g/mol. The number of carbonyl (C=O) groups is 2. The van der Waals surface area contributed by atoms with E-state index in [0.29, 0.717) is 19.1 Å². The lowest BCUT2D eigenvalue weighted by molar-refractivity contribution is -0.167. The number of ether oxygens (including phenoxy) is 2. The Morgan fingerprint density at radius 3 is 1.54 bits per heavy atom. The second kappa shape index (κ2) is 16.8. The molecule has 0 rings (SSSR count). The zero-order valence-electron chi connectivity index (χ0n) is 16.1. The smallest absolute Gasteiger partial charge is 0.417 e. The Bertz CT molecular complexity index is 313. The number of unbranched alkanes of at least 4 members (excludes halogenated alkanes) is 9. The van der Waals surface area contributed by atoms with Crippen LogP contribution < -0.4 is 0 Å². The molecule has 0 spiro atoms. The van der Waals surface area contributed by atoms with Crippen LogP contribution in [0, 0.1) is 5.92 Å². The van der Waals surface area contributed by atoms with Crippen LogP contribution in [0.2, 0.25) is 0 Å². The third kappa shape index (κ3) is 15.8. The molecule has 0 aliphatic heterocycles. The number of rotatable bonds is 15. The molecule has 24 heavy (non-hydrogen) atoms. The van der Waals surface area contributed by atoms with Crippen molar-refractivity contribution >= 4 is 11.9 Å². The minimum atomic E-state index is -0.856. The summed E-state index contributed by atoms with van der Waals surface area (Å²) in [5.41, 5.74) is 0. The molecule has 0 saturated heterocycles. The van der Waals surface area contributed by atoms with Gasteiger partial charge in [0, 0.05) is 0 Å². The number of hydrogen-bond acceptors (Lipinski definition) is 4. The van der Waals surface area contributed by atoms with E-state index in [9.17, 15) is 9.59 Å². The van der Waals surface area contributed by atoms with Crippen molar-refractivity contribution in [3.05, 3.63) is 0 Å². The van der Waals surface area contributed by atoms with Crippen LogP contribution in [0.15, 0.2) is 0 Å². The summed E-state index contributed by atoms with van der Waals surface area (Å²) in [4.78, 5) is 22.8. The largest absolute Gasteiger partial charge is 0.457 e. The van der Waals surface area contributed by atoms with Crippen molar-refractivity contribution in [2.45, 2.75) is 97.8 Å². The SMILES string of the molecule is CCCCCCCCCCCCOC(=O)C(=O)OCCCC(C)C. The molecule has 0 aliphatic carbocycles. The molecule has 0 fully saturated rings. The molecule has 0 heterocycles. The van der Waals surface area contributed by atoms with E-state index >= 15 is 0 Å². The second-order valence-electron chi connectivity index (χ2n) is 6.99. The lowest BCUT2D eigenvalue weighted by Crippen LogP contribution is -2.21. The molecular formula is C20H38O4. The molecule has 4 heteroatoms. The lowest BCUT2D eigenvalue weighted by atomic mass is 10.1. The van der Waals surface area contributed by atoms with Crippen molar-refractivity contribution in [3.63, 3.8) is 0 Å². The minimum Gasteiger partial charge on any atom is -0.457 e. The van der Waals surface area contributed by atoms with Gasteiger partial charge in [-0.2, -0.15) is 0 Å². The second-order valence-corrected chi connectivity index (χ2v) is 6.99. The molecule has 0 aliphatic rings. The zero-order valence-corrected chi connectivity index (χ0v) is 16.1. The molecule has 0 saturated carbocycles. The molecule has 0 unspecified atom stereocenters. The summed E-state index contributed by atoms with van der Waals surface area (Å²) >= 11 is 0. The van der Waals surface area contributed by atoms with Crippen LogP contribution in [0.4, 0.5) is 0 Å². The monoisotopic (exact) mass is 342 g/mol. The quantitative estimate of drug-likeness (QED) is 0.226. The van der Waals surface area contributed by atoms with Gasteiger partial charge in [0.2, 0.25) is 0 Å². The third-order valence-corrected chi connectivity index (χ3v) is 4.06. The standard InChI is InChI=1S/C20H38O4/c1-4-5-6-7-8-9-10-11-12-13-16-23-19(21)20(22)24-17-14-15-18(2)3/h18H,4-17H2,1-3H3. The Kier molecular flexibility index (Phi) is 16.0. The third-order valence-electron chi connectivity index (χ3n) is 4.06. The highest BCUT2D eigenvalue weighted by molar-refractivity contribution is 6.29. The van der Waals surface area contributed by atoms with Crippen LogP contribution in [0.3, 0.4) is 0 Å². The summed E-state index contributed by atoms with van der Waals surface area (Å²) in [5.74, 6) is -1.13. The van der Waals surface area contributed by atoms with Crippen molar-refractivity contribution in [1.29, 1.82) is 0 Å². The van der Waals surface area contributed by atoms with Gasteiger partial charge in [0.1, 0.15) is 0 Å². The highest BCUT2D eigenvalue weighted by Crippen LogP contribution is 2.10. The van der Waals surface area contributed by atoms with Crippen molar-refractivity contribution < 1.29 is 19.1 Å². The molecule has 0 aromatic rings. The average molecular weight is 343 g/mol. The number of carbonyl (C=O) groups excluding carboxylic acids is 2. The van der Waals surface area contributed by atoms with Crippen molar-refractivity contribution in [3.8, 4) is 0 Å². The van der Waals surface area contributed by atoms with Gasteiger partial charge < -0.3 is 9.47 Å². The van der Waals surface area contributed by atoms with Gasteiger partial charge in [-0.05, 0) is 25.2 Å². The fourth-order valence-corrected chi connectivity index (χ4v) is 2.53. The van der Waals surface area contributed by atoms with E-state index < -0.39 is 11.9 Å². The normalized spacial score (nSPS) is 10.8. The van der Waals surface area contributed by atoms with Crippen molar-refractivity contribution in [2.75, 3.05) is 13.2 Å². The molecule has 0 radical (unpaired) electrons. The van der Waals surface area contributed by atoms with Gasteiger partial charge in [-0.25, -0.2) is 9.59 Å². The van der Waals surface area contributed by atoms with E-state index in [-0.39, 0.29) is 0 Å². The van der Waals surface area contributed by atoms with Gasteiger partial charge in [-0.15, -0.1) is 0 Å². The van der Waals surface area contributed by atoms with Crippen LogP contribution in [0.1, 0.15) is 97.8 Å². The van der Waals surface area contributed by atoms with Gasteiger partial charge in [-0.1, -0.05) is 78.6 Å². The Balaban J connectivity index is 3.34. The zero-order chi connectivity index (χ0) is 18.0. The van der Waals surface area contributed by atoms with Crippen molar-refractivity contribution in [2.24, 2.45) is 5.92 Å². The first kappa shape index (κ1) is 22.9. The van der Waals surface area contributed by atoms with Crippen LogP contribution in [0.25, 0.3) is 0 Å². The van der Waals surface area contributed by atoms with Gasteiger partial charge in [-0.3, -0.25) is 0 Å². The lowest BCUT2D eigenvalue weighted by Gasteiger charge is -2.07. The summed E-state index contributed by atoms with van der Waals surface area (Å²) in [5, 5.41) is 0. The predicted octanol–water partition coefficient (Wildman–Crippen LogP) is 5.43. The maximum atomic E-state index is 11.4. The summed E-state index contributed by atoms with van der Waals surface area (Å²) < 4.78 is 9.83. The number of esters is 2. The maximum Gasteiger partial charge on any atom is 0.417 e. The fourth-order valence-electron chi connectivity index (χ4n) is 2.53. The Morgan fingerprint density at radius 2 is 1.08 bits per heavy atom. The molecule has 0 aromatic heterocycles. The molecule has 0 N–H and O–H groups in total. The maximum absolute atomic E-state index is 11.4. The van der Waals surface area contributed by atoms with E-state index in [0.717, 1.165) is 25.7 Å². The van der Waals surface area contributed by atoms with Gasteiger partial charge in [0.15, 0.2) is 0 Å². The molecule has 142 valence electrons. The minimum absolute atomic E-state index is 0.296. The topological polar surface area (TPSA) is 52.6 Å². The summed E-state index contributed by atoms with van der Waals surface area (Å²) in [7, 11) is 0. The van der Waals surface area contributed by atoms with E-state index in [1.807, 2.05) is 0 Å². The average Bonchev–Trinajstić information content (AvgIpc) is 2.56. The van der Waals surface area contributed by atoms with E-state index in [1.165, 1.54) is 51.4 Å². The summed E-state index contributed by atoms with van der Waals surface area (Å²) in [6.07, 6.45) is 14.1. The van der Waals surface area contributed by atoms with Crippen LogP contribution in [-0.4, -0.2) is 25.2 Å². The summed E-state index contributed by atoms with van der Waals surface area (Å²) in [6.45, 7) is 7.07. The van der Waals surface area contributed by atoms with E-state index in [4.69, 9.17) is 9.47 Å². The van der Waals surface area contributed by atoms with Crippen LogP contribution in [0.5, 0.6) is 0 Å². The molecule has 0 atom stereocenters. The highest BCUT2D eigenvalue weighted by Gasteiger charge is 2.16. The first-order valence-electron chi connectivity index (χ1n) is 9.91. The van der Waals surface area contributed by atoms with Crippen LogP contribution in [-0.2, 0) is 19.1 Å². The van der Waals surface area contributed by atoms with Gasteiger partial charge >= 0.3 is 11.9 Å². The predicted molar refractivity (Wildman–Crippen MR) is 97.8 cm³/mol. The van der Waals surface area contributed by atoms with Crippen molar-refractivity contribution in [1.82, 2.24) is 0 Å². The first-order chi connectivity index (χ1) is 11.6. The highest BCUT2D eigenvalue weighted by atomic mass is 16.6. The molecule has 4 nitrogen and oxygen atoms in total. The Labute approximate surface area is 148 Å². The Morgan fingerprint density at radius 1 is 0.667 bits per heavy atom. The van der Waals surface area contributed by atoms with Gasteiger partial charge in [0.25, 0.3) is 0 Å². The van der Waals surface area contributed by atoms with E-state index in [2.05, 4.69) is 20.8 Å². The summed E-state index contributed by atoms with van der Waals surface area (Å²) in [6, 6.07) is 0. The van der Waals surface area contributed by atoms with E-state index in [1.54, 1.807) is 0 Å². The fraction of sp³-hybridized carbons (Fsp3) is 0.900. The molecule has 0 bridgehead atoms. The van der Waals surface area contributed by atoms with Gasteiger partial charge in [0.05, 0.1) is 13.2 Å². The Hall–Kier alpha value is -1.06. The molecule has 0 aromatic carbocycles. The first-order valence-corrected chi connectivity index (χ1v) is 9.91.